The maximum Gasteiger partial charge on any atom is 0.425 e. The summed E-state index contributed by atoms with van der Waals surface area (Å²) in [5.74, 6) is -0.837. The molecular weight excluding hydrogens is 392 g/mol. The molecule has 0 aromatic carbocycles. The summed E-state index contributed by atoms with van der Waals surface area (Å²) in [6.07, 6.45) is -4.49. The second-order valence-electron chi connectivity index (χ2n) is 4.98. The number of ether oxygens (including phenoxy) is 1. The zero-order chi connectivity index (χ0) is 18.9. The average Bonchev–Trinajstić information content (AvgIpc) is 3.23. The summed E-state index contributed by atoms with van der Waals surface area (Å²) in [4.78, 5) is 3.88. The zero-order valence-electron chi connectivity index (χ0n) is 12.7. The van der Waals surface area contributed by atoms with Crippen LogP contribution in [0.25, 0.3) is 10.6 Å². The van der Waals surface area contributed by atoms with Crippen molar-refractivity contribution in [3.05, 3.63) is 50.8 Å². The SMILES string of the molecule is N#Cc1cc(-c2ccc(C(F)(F)F)s2)nc(OCc2ccc(F)s2)c1O. The highest BCUT2D eigenvalue weighted by atomic mass is 32.1. The Kier molecular flexibility index (Phi) is 4.84. The van der Waals surface area contributed by atoms with E-state index >= 15 is 0 Å². The molecular formula is C16H8F4N2O2S2. The highest BCUT2D eigenvalue weighted by Gasteiger charge is 2.32. The second-order valence-corrected chi connectivity index (χ2v) is 7.18. The van der Waals surface area contributed by atoms with E-state index in [0.717, 1.165) is 17.4 Å². The molecule has 0 spiro atoms. The number of hydrogen-bond acceptors (Lipinski definition) is 6. The molecule has 3 rings (SSSR count). The Morgan fingerprint density at radius 3 is 2.54 bits per heavy atom. The van der Waals surface area contributed by atoms with E-state index in [0.29, 0.717) is 16.2 Å². The lowest BCUT2D eigenvalue weighted by atomic mass is 10.2. The van der Waals surface area contributed by atoms with E-state index in [1.165, 1.54) is 24.3 Å². The number of nitrogens with zero attached hydrogens (tertiary/aromatic N) is 2. The van der Waals surface area contributed by atoms with Gasteiger partial charge in [0.15, 0.2) is 10.9 Å². The van der Waals surface area contributed by atoms with E-state index in [9.17, 15) is 22.7 Å². The van der Waals surface area contributed by atoms with Gasteiger partial charge >= 0.3 is 6.18 Å². The highest BCUT2D eigenvalue weighted by Crippen LogP contribution is 2.40. The number of aromatic nitrogens is 1. The Morgan fingerprint density at radius 2 is 1.96 bits per heavy atom. The molecule has 3 heterocycles. The summed E-state index contributed by atoms with van der Waals surface area (Å²) in [5, 5.41) is 18.7. The number of thiophene rings is 2. The van der Waals surface area contributed by atoms with Gasteiger partial charge in [-0.05, 0) is 30.3 Å². The Labute approximate surface area is 152 Å². The van der Waals surface area contributed by atoms with Crippen LogP contribution in [0, 0.1) is 16.5 Å². The Balaban J connectivity index is 1.94. The molecule has 3 aromatic rings. The van der Waals surface area contributed by atoms with Crippen molar-refractivity contribution in [2.24, 2.45) is 0 Å². The molecule has 0 saturated carbocycles. The quantitative estimate of drug-likeness (QED) is 0.613. The Morgan fingerprint density at radius 1 is 1.19 bits per heavy atom. The lowest BCUT2D eigenvalue weighted by Gasteiger charge is -2.09. The predicted molar refractivity (Wildman–Crippen MR) is 87.5 cm³/mol. The molecule has 0 aliphatic rings. The van der Waals surface area contributed by atoms with Crippen LogP contribution in [0.4, 0.5) is 17.6 Å². The van der Waals surface area contributed by atoms with E-state index < -0.39 is 21.9 Å². The van der Waals surface area contributed by atoms with Crippen LogP contribution in [0.1, 0.15) is 15.3 Å². The monoisotopic (exact) mass is 400 g/mol. The summed E-state index contributed by atoms with van der Waals surface area (Å²) >= 11 is 1.30. The summed E-state index contributed by atoms with van der Waals surface area (Å²) in [6, 6.07) is 7.80. The van der Waals surface area contributed by atoms with Crippen LogP contribution in [-0.2, 0) is 12.8 Å². The van der Waals surface area contributed by atoms with Crippen molar-refractivity contribution in [1.29, 1.82) is 5.26 Å². The fourth-order valence-electron chi connectivity index (χ4n) is 2.02. The molecule has 0 bridgehead atoms. The summed E-state index contributed by atoms with van der Waals surface area (Å²) in [6.45, 7) is -0.109. The van der Waals surface area contributed by atoms with Crippen molar-refractivity contribution in [2.75, 3.05) is 0 Å². The molecule has 4 nitrogen and oxygen atoms in total. The maximum absolute atomic E-state index is 13.0. The van der Waals surface area contributed by atoms with Gasteiger partial charge in [-0.25, -0.2) is 4.98 Å². The fraction of sp³-hybridized carbons (Fsp3) is 0.125. The van der Waals surface area contributed by atoms with E-state index in [4.69, 9.17) is 10.00 Å². The van der Waals surface area contributed by atoms with E-state index in [-0.39, 0.29) is 28.6 Å². The minimum absolute atomic E-state index is 0.0622. The van der Waals surface area contributed by atoms with Gasteiger partial charge in [-0.2, -0.15) is 22.8 Å². The molecule has 0 unspecified atom stereocenters. The second kappa shape index (κ2) is 6.93. The van der Waals surface area contributed by atoms with E-state index in [1.54, 1.807) is 6.07 Å². The molecule has 0 fully saturated rings. The van der Waals surface area contributed by atoms with Crippen molar-refractivity contribution in [3.63, 3.8) is 0 Å². The van der Waals surface area contributed by atoms with Crippen LogP contribution in [0.15, 0.2) is 30.3 Å². The fourth-order valence-corrected chi connectivity index (χ4v) is 3.50. The van der Waals surface area contributed by atoms with Crippen LogP contribution >= 0.6 is 22.7 Å². The third-order valence-corrected chi connectivity index (χ3v) is 5.20. The molecule has 0 aliphatic carbocycles. The number of rotatable bonds is 4. The van der Waals surface area contributed by atoms with Gasteiger partial charge in [-0.3, -0.25) is 0 Å². The van der Waals surface area contributed by atoms with Gasteiger partial charge in [0.25, 0.3) is 5.88 Å². The highest BCUT2D eigenvalue weighted by molar-refractivity contribution is 7.15. The molecule has 0 saturated heterocycles. The Hall–Kier alpha value is -2.64. The lowest BCUT2D eigenvalue weighted by Crippen LogP contribution is -2.00. The van der Waals surface area contributed by atoms with Crippen molar-refractivity contribution in [1.82, 2.24) is 4.98 Å². The molecule has 134 valence electrons. The van der Waals surface area contributed by atoms with Crippen LogP contribution in [-0.4, -0.2) is 10.1 Å². The molecule has 0 atom stereocenters. The summed E-state index contributed by atoms with van der Waals surface area (Å²) < 4.78 is 56.6. The summed E-state index contributed by atoms with van der Waals surface area (Å²) in [7, 11) is 0. The molecule has 0 radical (unpaired) electrons. The number of aromatic hydroxyl groups is 1. The van der Waals surface area contributed by atoms with Gasteiger partial charge in [0.1, 0.15) is 23.1 Å². The molecule has 0 aliphatic heterocycles. The number of nitriles is 1. The topological polar surface area (TPSA) is 66.1 Å². The molecule has 10 heteroatoms. The maximum atomic E-state index is 13.0. The third kappa shape index (κ3) is 3.79. The van der Waals surface area contributed by atoms with Crippen molar-refractivity contribution in [3.8, 4) is 28.3 Å². The molecule has 26 heavy (non-hydrogen) atoms. The minimum atomic E-state index is -4.49. The van der Waals surface area contributed by atoms with Crippen molar-refractivity contribution in [2.45, 2.75) is 12.8 Å². The van der Waals surface area contributed by atoms with E-state index in [1.807, 2.05) is 0 Å². The first kappa shape index (κ1) is 18.2. The first-order chi connectivity index (χ1) is 12.3. The standard InChI is InChI=1S/C16H8F4N2O2S2/c17-13-4-1-9(25-13)7-24-15-14(23)8(6-21)5-10(22-15)11-2-3-12(26-11)16(18,19)20/h1-5,23H,7H2. The van der Waals surface area contributed by atoms with Gasteiger partial charge < -0.3 is 9.84 Å². The van der Waals surface area contributed by atoms with Crippen molar-refractivity contribution >= 4 is 22.7 Å². The van der Waals surface area contributed by atoms with Gasteiger partial charge in [-0.15, -0.1) is 22.7 Å². The average molecular weight is 400 g/mol. The molecule has 0 amide bonds. The Bertz CT molecular complexity index is 989. The first-order valence-corrected chi connectivity index (χ1v) is 8.59. The van der Waals surface area contributed by atoms with Gasteiger partial charge in [0.2, 0.25) is 0 Å². The smallest absolute Gasteiger partial charge is 0.425 e. The molecule has 1 N–H and O–H groups in total. The van der Waals surface area contributed by atoms with E-state index in [2.05, 4.69) is 4.98 Å². The number of alkyl halides is 3. The lowest BCUT2D eigenvalue weighted by molar-refractivity contribution is -0.134. The van der Waals surface area contributed by atoms with Gasteiger partial charge in [0.05, 0.1) is 10.6 Å². The van der Waals surface area contributed by atoms with Crippen LogP contribution in [0.5, 0.6) is 11.6 Å². The number of pyridine rings is 1. The van der Waals surface area contributed by atoms with Crippen LogP contribution in [0.3, 0.4) is 0 Å². The zero-order valence-corrected chi connectivity index (χ0v) is 14.3. The normalized spacial score (nSPS) is 11.3. The van der Waals surface area contributed by atoms with Gasteiger partial charge in [0, 0.05) is 4.88 Å². The first-order valence-electron chi connectivity index (χ1n) is 6.96. The number of hydrogen-bond donors (Lipinski definition) is 1. The largest absolute Gasteiger partial charge is 0.502 e. The minimum Gasteiger partial charge on any atom is -0.502 e. The predicted octanol–water partition coefficient (Wildman–Crippen LogP) is 5.19. The number of halogens is 4. The van der Waals surface area contributed by atoms with Crippen LogP contribution in [0.2, 0.25) is 0 Å². The van der Waals surface area contributed by atoms with Gasteiger partial charge in [-0.1, -0.05) is 0 Å². The molecule has 3 aromatic heterocycles. The third-order valence-electron chi connectivity index (χ3n) is 3.20. The van der Waals surface area contributed by atoms with Crippen LogP contribution < -0.4 is 4.74 Å². The van der Waals surface area contributed by atoms with Crippen molar-refractivity contribution < 1.29 is 27.4 Å². The summed E-state index contributed by atoms with van der Waals surface area (Å²) in [5.41, 5.74) is -0.128.